The molecule has 0 aliphatic rings. The Bertz CT molecular complexity index is 143. The molecule has 0 heterocycles. The molecule has 0 aromatic carbocycles. The monoisotopic (exact) mass is 296 g/mol. The Balaban J connectivity index is -0.000000405. The largest absolute Gasteiger partial charge is 1.00 e. The van der Waals surface area contributed by atoms with Gasteiger partial charge in [0.05, 0.1) is 8.07 Å². The van der Waals surface area contributed by atoms with Gasteiger partial charge in [-0.3, -0.25) is 0 Å². The summed E-state index contributed by atoms with van der Waals surface area (Å²) in [7, 11) is -1.10. The SMILES string of the molecule is CCCC=C=[C][Si](C)(C)C.[Br-].[Zn]. The van der Waals surface area contributed by atoms with Crippen LogP contribution in [0, 0.1) is 5.70 Å². The maximum atomic E-state index is 3.29. The minimum Gasteiger partial charge on any atom is -1.00 e. The molecule has 0 fully saturated rings. The molecule has 0 nitrogen and oxygen atoms in total. The first-order valence-corrected chi connectivity index (χ1v) is 7.40. The number of allylic oxidation sites excluding steroid dienone is 1. The van der Waals surface area contributed by atoms with E-state index in [1.807, 2.05) is 0 Å². The first kappa shape index (κ1) is 18.6. The van der Waals surface area contributed by atoms with Gasteiger partial charge in [0.2, 0.25) is 0 Å². The predicted molar refractivity (Wildman–Crippen MR) is 49.6 cm³/mol. The van der Waals surface area contributed by atoms with Gasteiger partial charge in [-0.05, 0) is 18.2 Å². The second-order valence-corrected chi connectivity index (χ2v) is 8.26. The van der Waals surface area contributed by atoms with Gasteiger partial charge < -0.3 is 17.0 Å². The quantitative estimate of drug-likeness (QED) is 0.515. The van der Waals surface area contributed by atoms with Gasteiger partial charge in [0.15, 0.2) is 0 Å². The van der Waals surface area contributed by atoms with Crippen LogP contribution in [-0.4, -0.2) is 8.07 Å². The molecule has 0 aliphatic heterocycles. The van der Waals surface area contributed by atoms with Gasteiger partial charge >= 0.3 is 0 Å². The minimum absolute atomic E-state index is 0. The summed E-state index contributed by atoms with van der Waals surface area (Å²) in [5, 5.41) is 0. The topological polar surface area (TPSA) is 0 Å². The van der Waals surface area contributed by atoms with Gasteiger partial charge in [-0.1, -0.05) is 33.0 Å². The smallest absolute Gasteiger partial charge is 0.0882 e. The fourth-order valence-electron chi connectivity index (χ4n) is 0.484. The average molecular weight is 299 g/mol. The van der Waals surface area contributed by atoms with Gasteiger partial charge in [-0.2, -0.15) is 0 Å². The summed E-state index contributed by atoms with van der Waals surface area (Å²) in [6.45, 7) is 8.96. The van der Waals surface area contributed by atoms with Crippen LogP contribution in [0.4, 0.5) is 0 Å². The molecule has 0 atom stereocenters. The predicted octanol–water partition coefficient (Wildman–Crippen LogP) is 0.180. The zero-order valence-electron chi connectivity index (χ0n) is 8.58. The van der Waals surface area contributed by atoms with E-state index in [-0.39, 0.29) is 36.5 Å². The van der Waals surface area contributed by atoms with Crippen LogP contribution >= 0.6 is 0 Å². The molecule has 0 saturated carbocycles. The molecule has 0 N–H and O–H groups in total. The van der Waals surface area contributed by atoms with Gasteiger partial charge in [0.25, 0.3) is 0 Å². The molecule has 1 radical (unpaired) electrons. The Morgan fingerprint density at radius 1 is 1.25 bits per heavy atom. The van der Waals surface area contributed by atoms with Crippen molar-refractivity contribution in [2.75, 3.05) is 0 Å². The van der Waals surface area contributed by atoms with Gasteiger partial charge in [-0.15, -0.1) is 5.73 Å². The van der Waals surface area contributed by atoms with Gasteiger partial charge in [-0.25, -0.2) is 0 Å². The van der Waals surface area contributed by atoms with Crippen molar-refractivity contribution >= 4 is 8.07 Å². The maximum absolute atomic E-state index is 3.29. The van der Waals surface area contributed by atoms with Crippen LogP contribution in [0.25, 0.3) is 0 Å². The number of hydrogen-bond donors (Lipinski definition) is 0. The second-order valence-electron chi connectivity index (χ2n) is 3.51. The second kappa shape index (κ2) is 9.92. The zero-order chi connectivity index (χ0) is 8.04. The molecule has 67 valence electrons. The third-order valence-corrected chi connectivity index (χ3v) is 1.88. The molecular weight excluding hydrogens is 281 g/mol. The summed E-state index contributed by atoms with van der Waals surface area (Å²) in [6, 6.07) is 0. The van der Waals surface area contributed by atoms with Crippen LogP contribution in [0.3, 0.4) is 0 Å². The number of hydrogen-bond acceptors (Lipinski definition) is 0. The first-order chi connectivity index (χ1) is 4.56. The summed E-state index contributed by atoms with van der Waals surface area (Å²) in [4.78, 5) is 0. The summed E-state index contributed by atoms with van der Waals surface area (Å²) in [6.07, 6.45) is 4.43. The molecular formula is C9H17BrSiZn-. The Morgan fingerprint density at radius 2 is 1.75 bits per heavy atom. The maximum Gasteiger partial charge on any atom is 0.0882 e. The molecule has 0 rings (SSSR count). The van der Waals surface area contributed by atoms with Crippen molar-refractivity contribution in [3.05, 3.63) is 17.5 Å². The molecule has 12 heavy (non-hydrogen) atoms. The Kier molecular flexibility index (Phi) is 15.4. The van der Waals surface area contributed by atoms with E-state index in [0.717, 1.165) is 6.42 Å². The fraction of sp³-hybridized carbons (Fsp3) is 0.667. The van der Waals surface area contributed by atoms with Crippen LogP contribution in [-0.2, 0) is 19.5 Å². The van der Waals surface area contributed by atoms with E-state index in [1.54, 1.807) is 0 Å². The summed E-state index contributed by atoms with van der Waals surface area (Å²) >= 11 is 0. The van der Waals surface area contributed by atoms with Gasteiger partial charge in [0, 0.05) is 19.5 Å². The van der Waals surface area contributed by atoms with E-state index in [4.69, 9.17) is 0 Å². The summed E-state index contributed by atoms with van der Waals surface area (Å²) in [5.74, 6) is 0. The van der Waals surface area contributed by atoms with Crippen LogP contribution in [0.15, 0.2) is 11.8 Å². The summed E-state index contributed by atoms with van der Waals surface area (Å²) < 4.78 is 0. The van der Waals surface area contributed by atoms with E-state index < -0.39 is 8.07 Å². The molecule has 0 bridgehead atoms. The minimum atomic E-state index is -1.10. The normalized spacial score (nSPS) is 8.67. The number of unbranched alkanes of at least 4 members (excludes halogenated alkanes) is 1. The standard InChI is InChI=1S/C9H17Si.BrH.Zn/c1-5-6-7-8-9-10(2,3)4;;/h7H,5-6H2,1-4H3;1H;/p-1. The van der Waals surface area contributed by atoms with Crippen LogP contribution < -0.4 is 17.0 Å². The van der Waals surface area contributed by atoms with E-state index in [2.05, 4.69) is 44.1 Å². The Morgan fingerprint density at radius 3 is 2.08 bits per heavy atom. The molecule has 0 saturated heterocycles. The molecule has 3 heteroatoms. The van der Waals surface area contributed by atoms with Crippen molar-refractivity contribution in [2.45, 2.75) is 39.4 Å². The van der Waals surface area contributed by atoms with Crippen molar-refractivity contribution in [1.29, 1.82) is 0 Å². The van der Waals surface area contributed by atoms with Crippen LogP contribution in [0.2, 0.25) is 19.6 Å². The van der Waals surface area contributed by atoms with Crippen molar-refractivity contribution in [3.63, 3.8) is 0 Å². The van der Waals surface area contributed by atoms with E-state index >= 15 is 0 Å². The van der Waals surface area contributed by atoms with Crippen molar-refractivity contribution < 1.29 is 36.5 Å². The van der Waals surface area contributed by atoms with Crippen molar-refractivity contribution in [3.8, 4) is 0 Å². The van der Waals surface area contributed by atoms with Crippen LogP contribution in [0.1, 0.15) is 19.8 Å². The summed E-state index contributed by atoms with van der Waals surface area (Å²) in [5.41, 5.74) is 6.40. The van der Waals surface area contributed by atoms with Gasteiger partial charge in [0.1, 0.15) is 0 Å². The van der Waals surface area contributed by atoms with E-state index in [0.29, 0.717) is 0 Å². The fourth-order valence-corrected chi connectivity index (χ4v) is 1.02. The molecule has 0 unspecified atom stereocenters. The average Bonchev–Trinajstić information content (AvgIpc) is 1.78. The number of rotatable bonds is 3. The molecule has 0 aromatic rings. The third-order valence-electron chi connectivity index (χ3n) is 0.982. The third kappa shape index (κ3) is 17.1. The Hall–Kier alpha value is 0.840. The number of halogens is 1. The van der Waals surface area contributed by atoms with Crippen molar-refractivity contribution in [1.82, 2.24) is 0 Å². The molecule has 0 spiro atoms. The first-order valence-electron chi connectivity index (χ1n) is 3.90. The van der Waals surface area contributed by atoms with Crippen LogP contribution in [0.5, 0.6) is 0 Å². The molecule has 0 amide bonds. The Labute approximate surface area is 101 Å². The van der Waals surface area contributed by atoms with E-state index in [1.165, 1.54) is 6.42 Å². The van der Waals surface area contributed by atoms with Crippen molar-refractivity contribution in [2.24, 2.45) is 0 Å². The molecule has 0 aromatic heterocycles. The van der Waals surface area contributed by atoms with E-state index in [9.17, 15) is 0 Å². The molecule has 0 aliphatic carbocycles. The zero-order valence-corrected chi connectivity index (χ0v) is 14.1.